The van der Waals surface area contributed by atoms with Crippen LogP contribution in [0, 0.1) is 0 Å². The van der Waals surface area contributed by atoms with Gasteiger partial charge in [0, 0.05) is 11.8 Å². The Kier molecular flexibility index (Phi) is 6.37. The smallest absolute Gasteiger partial charge is 0.365 e. The molecule has 0 aliphatic heterocycles. The van der Waals surface area contributed by atoms with E-state index in [0.29, 0.717) is 0 Å². The molecule has 4 rings (SSSR count). The normalized spacial score (nSPS) is 12.2. The Morgan fingerprint density at radius 2 is 1.80 bits per heavy atom. The van der Waals surface area contributed by atoms with Gasteiger partial charge >= 0.3 is 6.18 Å². The first-order valence-corrected chi connectivity index (χ1v) is 10.5. The predicted octanol–water partition coefficient (Wildman–Crippen LogP) is 4.79. The number of aromatic amines is 1. The van der Waals surface area contributed by atoms with Crippen molar-refractivity contribution < 1.29 is 18.0 Å². The number of carbonyl (C=O) groups excluding carboxylic acids is 1. The molecule has 0 aliphatic carbocycles. The van der Waals surface area contributed by atoms with E-state index in [1.807, 2.05) is 37.3 Å². The van der Waals surface area contributed by atoms with Crippen molar-refractivity contribution in [2.24, 2.45) is 5.73 Å². The monoisotopic (exact) mass is 479 g/mol. The first-order chi connectivity index (χ1) is 16.6. The fraction of sp³-hybridized carbons (Fsp3) is 0.120. The van der Waals surface area contributed by atoms with Gasteiger partial charge in [0.05, 0.1) is 23.0 Å². The number of nitrogens with zero attached hydrogens (tertiary/aromatic N) is 2. The first kappa shape index (κ1) is 23.7. The van der Waals surface area contributed by atoms with Crippen molar-refractivity contribution in [3.05, 3.63) is 100.0 Å². The Balaban J connectivity index is 1.82. The molecule has 4 N–H and O–H groups in total. The van der Waals surface area contributed by atoms with Crippen LogP contribution in [-0.2, 0) is 6.18 Å². The van der Waals surface area contributed by atoms with Crippen LogP contribution in [0.5, 0.6) is 0 Å². The van der Waals surface area contributed by atoms with Crippen LogP contribution in [0.3, 0.4) is 0 Å². The van der Waals surface area contributed by atoms with Crippen LogP contribution >= 0.6 is 0 Å². The number of alkyl halides is 3. The van der Waals surface area contributed by atoms with Gasteiger partial charge in [-0.1, -0.05) is 42.5 Å². The zero-order chi connectivity index (χ0) is 25.2. The second kappa shape index (κ2) is 9.41. The Bertz CT molecular complexity index is 1440. The van der Waals surface area contributed by atoms with E-state index < -0.39 is 23.2 Å². The van der Waals surface area contributed by atoms with Crippen molar-refractivity contribution in [2.75, 3.05) is 5.32 Å². The summed E-state index contributed by atoms with van der Waals surface area (Å²) in [5.41, 5.74) is 4.92. The number of H-pyrrole nitrogens is 1. The van der Waals surface area contributed by atoms with E-state index >= 15 is 0 Å². The third-order valence-electron chi connectivity index (χ3n) is 5.36. The fourth-order valence-corrected chi connectivity index (χ4v) is 3.59. The van der Waals surface area contributed by atoms with Gasteiger partial charge in [0.15, 0.2) is 0 Å². The number of primary amides is 1. The predicted molar refractivity (Wildman–Crippen MR) is 126 cm³/mol. The average molecular weight is 479 g/mol. The Morgan fingerprint density at radius 3 is 2.49 bits per heavy atom. The van der Waals surface area contributed by atoms with Gasteiger partial charge in [-0.2, -0.15) is 13.2 Å². The topological polar surface area (TPSA) is 114 Å². The molecule has 0 saturated carbocycles. The number of pyridine rings is 1. The number of anilines is 1. The van der Waals surface area contributed by atoms with E-state index in [1.54, 1.807) is 0 Å². The van der Waals surface area contributed by atoms with Gasteiger partial charge in [-0.3, -0.25) is 9.59 Å². The zero-order valence-corrected chi connectivity index (χ0v) is 18.4. The minimum atomic E-state index is -4.58. The Labute approximate surface area is 197 Å². The molecular weight excluding hydrogens is 459 g/mol. The molecule has 0 fully saturated rings. The van der Waals surface area contributed by atoms with E-state index in [0.717, 1.165) is 17.7 Å². The lowest BCUT2D eigenvalue weighted by Crippen LogP contribution is -2.24. The van der Waals surface area contributed by atoms with Crippen LogP contribution in [0.15, 0.2) is 77.7 Å². The highest BCUT2D eigenvalue weighted by atomic mass is 19.4. The van der Waals surface area contributed by atoms with Crippen LogP contribution in [0.4, 0.5) is 19.1 Å². The quantitative estimate of drug-likeness (QED) is 0.368. The number of aromatic nitrogens is 3. The van der Waals surface area contributed by atoms with Gasteiger partial charge in [0.25, 0.3) is 11.5 Å². The highest BCUT2D eigenvalue weighted by Crippen LogP contribution is 2.35. The maximum Gasteiger partial charge on any atom is 0.416 e. The summed E-state index contributed by atoms with van der Waals surface area (Å²) in [6.45, 7) is 1.92. The molecule has 1 amide bonds. The molecule has 10 heteroatoms. The lowest BCUT2D eigenvalue weighted by Gasteiger charge is -2.16. The Morgan fingerprint density at radius 1 is 1.06 bits per heavy atom. The third-order valence-corrected chi connectivity index (χ3v) is 5.36. The number of hydrogen-bond acceptors (Lipinski definition) is 5. The van der Waals surface area contributed by atoms with Crippen LogP contribution in [0.25, 0.3) is 22.5 Å². The molecule has 7 nitrogen and oxygen atoms in total. The van der Waals surface area contributed by atoms with Crippen molar-refractivity contribution in [3.63, 3.8) is 0 Å². The van der Waals surface area contributed by atoms with E-state index in [4.69, 9.17) is 5.73 Å². The second-order valence-corrected chi connectivity index (χ2v) is 7.79. The van der Waals surface area contributed by atoms with Crippen molar-refractivity contribution in [3.8, 4) is 22.5 Å². The molecule has 2 heterocycles. The first-order valence-electron chi connectivity index (χ1n) is 10.5. The van der Waals surface area contributed by atoms with Crippen LogP contribution in [0.1, 0.15) is 34.5 Å². The van der Waals surface area contributed by atoms with Gasteiger partial charge in [0.1, 0.15) is 5.56 Å². The maximum absolute atomic E-state index is 13.3. The second-order valence-electron chi connectivity index (χ2n) is 7.79. The van der Waals surface area contributed by atoms with Gasteiger partial charge in [-0.15, -0.1) is 0 Å². The number of nitrogens with two attached hydrogens (primary N) is 1. The minimum absolute atomic E-state index is 0.0619. The van der Waals surface area contributed by atoms with Gasteiger partial charge < -0.3 is 16.0 Å². The molecule has 0 saturated heterocycles. The summed E-state index contributed by atoms with van der Waals surface area (Å²) in [4.78, 5) is 35.5. The summed E-state index contributed by atoms with van der Waals surface area (Å²) in [7, 11) is 0. The van der Waals surface area contributed by atoms with Crippen LogP contribution in [0.2, 0.25) is 0 Å². The number of amides is 1. The van der Waals surface area contributed by atoms with Crippen molar-refractivity contribution >= 4 is 11.9 Å². The number of nitrogens with one attached hydrogen (secondary N) is 2. The molecular formula is C25H20F3N5O2. The van der Waals surface area contributed by atoms with Crippen molar-refractivity contribution in [1.82, 2.24) is 15.0 Å². The molecule has 4 aromatic rings. The summed E-state index contributed by atoms with van der Waals surface area (Å²) in [5, 5.41) is 3.17. The fourth-order valence-electron chi connectivity index (χ4n) is 3.59. The van der Waals surface area contributed by atoms with E-state index in [9.17, 15) is 22.8 Å². The SMILES string of the molecule is CC(Nc1nccc(-c2cc(C(N)=O)c(=O)[nH]c2-c2cccc(C(F)(F)F)c2)n1)c1ccccc1. The Hall–Kier alpha value is -4.47. The van der Waals surface area contributed by atoms with Crippen molar-refractivity contribution in [2.45, 2.75) is 19.1 Å². The number of halogens is 3. The summed E-state index contributed by atoms with van der Waals surface area (Å²) in [5.74, 6) is -0.728. The summed E-state index contributed by atoms with van der Waals surface area (Å²) in [6, 6.07) is 16.7. The summed E-state index contributed by atoms with van der Waals surface area (Å²) >= 11 is 0. The molecule has 1 atom stereocenters. The van der Waals surface area contributed by atoms with Gasteiger partial charge in [-0.25, -0.2) is 9.97 Å². The summed E-state index contributed by atoms with van der Waals surface area (Å²) in [6.07, 6.45) is -3.11. The molecule has 0 radical (unpaired) electrons. The van der Waals surface area contributed by atoms with Gasteiger partial charge in [-0.05, 0) is 42.3 Å². The standard InChI is InChI=1S/C25H20F3N5O2/c1-14(15-6-3-2-4-7-15)31-24-30-11-10-20(32-24)18-13-19(22(29)34)23(35)33-21(18)16-8-5-9-17(12-16)25(26,27)28/h2-14H,1H3,(H2,29,34)(H,33,35)(H,30,31,32). The highest BCUT2D eigenvalue weighted by Gasteiger charge is 2.31. The molecule has 2 aromatic carbocycles. The van der Waals surface area contributed by atoms with E-state index in [2.05, 4.69) is 20.3 Å². The zero-order valence-electron chi connectivity index (χ0n) is 18.4. The molecule has 0 bridgehead atoms. The van der Waals surface area contributed by atoms with E-state index in [-0.39, 0.29) is 40.1 Å². The third kappa shape index (κ3) is 5.21. The molecule has 178 valence electrons. The number of rotatable bonds is 6. The van der Waals surface area contributed by atoms with Gasteiger partial charge in [0.2, 0.25) is 5.95 Å². The van der Waals surface area contributed by atoms with E-state index in [1.165, 1.54) is 30.5 Å². The molecule has 0 spiro atoms. The van der Waals surface area contributed by atoms with Crippen LogP contribution in [-0.4, -0.2) is 20.9 Å². The molecule has 35 heavy (non-hydrogen) atoms. The summed E-state index contributed by atoms with van der Waals surface area (Å²) < 4.78 is 39.9. The molecule has 2 aromatic heterocycles. The largest absolute Gasteiger partial charge is 0.416 e. The lowest BCUT2D eigenvalue weighted by molar-refractivity contribution is -0.137. The number of benzene rings is 2. The molecule has 1 unspecified atom stereocenters. The number of hydrogen-bond donors (Lipinski definition) is 3. The number of carbonyl (C=O) groups is 1. The highest BCUT2D eigenvalue weighted by molar-refractivity contribution is 5.95. The van der Waals surface area contributed by atoms with Crippen LogP contribution < -0.4 is 16.6 Å². The maximum atomic E-state index is 13.3. The van der Waals surface area contributed by atoms with Crippen molar-refractivity contribution in [1.29, 1.82) is 0 Å². The minimum Gasteiger partial charge on any atom is -0.365 e. The molecule has 0 aliphatic rings. The lowest BCUT2D eigenvalue weighted by atomic mass is 9.99. The average Bonchev–Trinajstić information content (AvgIpc) is 2.84.